The number of para-hydroxylation sites is 1. The SMILES string of the molecule is O=S1(=O)C/C(=N\CO)c2ccccc2O1. The minimum atomic E-state index is -3.61. The van der Waals surface area contributed by atoms with Crippen molar-refractivity contribution < 1.29 is 17.7 Å². The number of rotatable bonds is 1. The van der Waals surface area contributed by atoms with E-state index in [-0.39, 0.29) is 11.5 Å². The highest BCUT2D eigenvalue weighted by Crippen LogP contribution is 2.25. The van der Waals surface area contributed by atoms with Crippen molar-refractivity contribution in [3.8, 4) is 5.75 Å². The molecule has 0 atom stereocenters. The van der Waals surface area contributed by atoms with E-state index in [0.29, 0.717) is 11.3 Å². The molecule has 0 fully saturated rings. The van der Waals surface area contributed by atoms with Crippen LogP contribution in [0.1, 0.15) is 5.56 Å². The molecule has 1 heterocycles. The number of aliphatic imine (C=N–C) groups is 1. The van der Waals surface area contributed by atoms with Crippen LogP contribution in [0, 0.1) is 0 Å². The minimum Gasteiger partial charge on any atom is -0.381 e. The van der Waals surface area contributed by atoms with Crippen LogP contribution in [0.4, 0.5) is 0 Å². The Balaban J connectivity index is 2.57. The number of nitrogens with zero attached hydrogens (tertiary/aromatic N) is 1. The lowest BCUT2D eigenvalue weighted by Gasteiger charge is -2.18. The normalized spacial score (nSPS) is 20.7. The van der Waals surface area contributed by atoms with Crippen LogP contribution in [0.2, 0.25) is 0 Å². The molecule has 0 unspecified atom stereocenters. The summed E-state index contributed by atoms with van der Waals surface area (Å²) in [7, 11) is -3.61. The minimum absolute atomic E-state index is 0.260. The van der Waals surface area contributed by atoms with Gasteiger partial charge in [-0.3, -0.25) is 4.99 Å². The monoisotopic (exact) mass is 227 g/mol. The van der Waals surface area contributed by atoms with Crippen LogP contribution < -0.4 is 4.18 Å². The molecule has 0 saturated carbocycles. The summed E-state index contributed by atoms with van der Waals surface area (Å²) in [6, 6.07) is 6.70. The van der Waals surface area contributed by atoms with E-state index < -0.39 is 16.8 Å². The molecule has 1 aromatic carbocycles. The Hall–Kier alpha value is -1.40. The molecule has 1 N–H and O–H groups in total. The van der Waals surface area contributed by atoms with Gasteiger partial charge in [-0.1, -0.05) is 12.1 Å². The number of benzene rings is 1. The first-order valence-electron chi connectivity index (χ1n) is 4.28. The largest absolute Gasteiger partial charge is 0.381 e. The summed E-state index contributed by atoms with van der Waals surface area (Å²) in [5.41, 5.74) is 0.945. The van der Waals surface area contributed by atoms with Crippen molar-refractivity contribution in [3.05, 3.63) is 29.8 Å². The Labute approximate surface area is 87.2 Å². The van der Waals surface area contributed by atoms with Gasteiger partial charge in [-0.25, -0.2) is 0 Å². The summed E-state index contributed by atoms with van der Waals surface area (Å²) >= 11 is 0. The third-order valence-corrected chi connectivity index (χ3v) is 3.05. The maximum atomic E-state index is 11.3. The van der Waals surface area contributed by atoms with Crippen LogP contribution >= 0.6 is 0 Å². The van der Waals surface area contributed by atoms with Crippen molar-refractivity contribution in [1.29, 1.82) is 0 Å². The standard InChI is InChI=1S/C9H9NO4S/c11-6-10-8-5-15(12,13)14-9-4-2-1-3-7(8)9/h1-4,11H,5-6H2/b10-8+. The highest BCUT2D eigenvalue weighted by Gasteiger charge is 2.27. The molecule has 1 aliphatic rings. The number of aliphatic hydroxyl groups is 1. The fourth-order valence-corrected chi connectivity index (χ4v) is 2.46. The highest BCUT2D eigenvalue weighted by atomic mass is 32.2. The topological polar surface area (TPSA) is 76.0 Å². The van der Waals surface area contributed by atoms with E-state index in [0.717, 1.165) is 0 Å². The molecule has 80 valence electrons. The molecule has 6 heteroatoms. The lowest BCUT2D eigenvalue weighted by atomic mass is 10.1. The van der Waals surface area contributed by atoms with Crippen molar-refractivity contribution in [1.82, 2.24) is 0 Å². The lowest BCUT2D eigenvalue weighted by molar-refractivity contribution is 0.309. The van der Waals surface area contributed by atoms with E-state index in [1.807, 2.05) is 0 Å². The van der Waals surface area contributed by atoms with Crippen LogP contribution in [0.3, 0.4) is 0 Å². The van der Waals surface area contributed by atoms with Crippen molar-refractivity contribution >= 4 is 15.8 Å². The number of hydrogen-bond donors (Lipinski definition) is 1. The molecule has 2 rings (SSSR count). The van der Waals surface area contributed by atoms with Gasteiger partial charge in [-0.2, -0.15) is 8.42 Å². The van der Waals surface area contributed by atoms with Gasteiger partial charge in [0, 0.05) is 5.56 Å². The molecule has 0 amide bonds. The number of hydrogen-bond acceptors (Lipinski definition) is 5. The summed E-state index contributed by atoms with van der Waals surface area (Å²) < 4.78 is 27.4. The van der Waals surface area contributed by atoms with E-state index in [4.69, 9.17) is 9.29 Å². The average Bonchev–Trinajstić information content (AvgIpc) is 2.16. The van der Waals surface area contributed by atoms with Crippen molar-refractivity contribution in [2.75, 3.05) is 12.5 Å². The second-order valence-electron chi connectivity index (χ2n) is 3.03. The smallest absolute Gasteiger partial charge is 0.315 e. The van der Waals surface area contributed by atoms with Crippen molar-refractivity contribution in [3.63, 3.8) is 0 Å². The summed E-state index contributed by atoms with van der Waals surface area (Å²) in [6.07, 6.45) is 0. The third kappa shape index (κ3) is 2.00. The van der Waals surface area contributed by atoms with Gasteiger partial charge in [-0.05, 0) is 12.1 Å². The summed E-state index contributed by atoms with van der Waals surface area (Å²) in [5.74, 6) is -0.0409. The Bertz CT molecular complexity index is 507. The molecule has 0 spiro atoms. The zero-order valence-corrected chi connectivity index (χ0v) is 8.57. The molecule has 0 aliphatic carbocycles. The van der Waals surface area contributed by atoms with Gasteiger partial charge in [0.15, 0.2) is 5.75 Å². The molecule has 15 heavy (non-hydrogen) atoms. The van der Waals surface area contributed by atoms with E-state index in [1.54, 1.807) is 24.3 Å². The zero-order valence-electron chi connectivity index (χ0n) is 7.75. The quantitative estimate of drug-likeness (QED) is 0.693. The average molecular weight is 227 g/mol. The van der Waals surface area contributed by atoms with Crippen LogP contribution in [0.15, 0.2) is 29.3 Å². The predicted molar refractivity (Wildman–Crippen MR) is 54.5 cm³/mol. The van der Waals surface area contributed by atoms with Crippen molar-refractivity contribution in [2.24, 2.45) is 4.99 Å². The molecule has 1 aromatic rings. The molecular weight excluding hydrogens is 218 g/mol. The molecule has 0 saturated heterocycles. The van der Waals surface area contributed by atoms with Gasteiger partial charge >= 0.3 is 10.1 Å². The van der Waals surface area contributed by atoms with Gasteiger partial charge in [0.05, 0.1) is 5.71 Å². The molecule has 0 aromatic heterocycles. The molecule has 5 nitrogen and oxygen atoms in total. The Morgan fingerprint density at radius 3 is 2.87 bits per heavy atom. The van der Waals surface area contributed by atoms with E-state index in [9.17, 15) is 8.42 Å². The summed E-state index contributed by atoms with van der Waals surface area (Å²) in [5, 5.41) is 8.69. The summed E-state index contributed by atoms with van der Waals surface area (Å²) in [6.45, 7) is -0.431. The van der Waals surface area contributed by atoms with Gasteiger partial charge < -0.3 is 9.29 Å². The molecule has 1 aliphatic heterocycles. The third-order valence-electron chi connectivity index (χ3n) is 1.99. The molecule has 0 radical (unpaired) electrons. The van der Waals surface area contributed by atoms with Crippen LogP contribution in [0.5, 0.6) is 5.75 Å². The lowest BCUT2D eigenvalue weighted by Crippen LogP contribution is -2.27. The second kappa shape index (κ2) is 3.63. The first-order chi connectivity index (χ1) is 7.12. The number of aliphatic hydroxyl groups excluding tert-OH is 1. The molecular formula is C9H9NO4S. The summed E-state index contributed by atoms with van der Waals surface area (Å²) in [4.78, 5) is 3.73. The molecule has 0 bridgehead atoms. The Kier molecular flexibility index (Phi) is 2.45. The zero-order chi connectivity index (χ0) is 10.9. The maximum absolute atomic E-state index is 11.3. The van der Waals surface area contributed by atoms with Gasteiger partial charge in [-0.15, -0.1) is 0 Å². The Morgan fingerprint density at radius 2 is 2.13 bits per heavy atom. The van der Waals surface area contributed by atoms with Crippen molar-refractivity contribution in [2.45, 2.75) is 0 Å². The highest BCUT2D eigenvalue weighted by molar-refractivity contribution is 7.88. The second-order valence-corrected chi connectivity index (χ2v) is 4.60. The van der Waals surface area contributed by atoms with Gasteiger partial charge in [0.25, 0.3) is 0 Å². The first kappa shape index (κ1) is 10.1. The van der Waals surface area contributed by atoms with Gasteiger partial charge in [0.1, 0.15) is 12.5 Å². The van der Waals surface area contributed by atoms with Gasteiger partial charge in [0.2, 0.25) is 0 Å². The van der Waals surface area contributed by atoms with E-state index in [2.05, 4.69) is 4.99 Å². The maximum Gasteiger partial charge on any atom is 0.315 e. The fourth-order valence-electron chi connectivity index (χ4n) is 1.41. The Morgan fingerprint density at radius 1 is 1.40 bits per heavy atom. The first-order valence-corrected chi connectivity index (χ1v) is 5.86. The van der Waals surface area contributed by atoms with E-state index >= 15 is 0 Å². The van der Waals surface area contributed by atoms with Crippen LogP contribution in [0.25, 0.3) is 0 Å². The van der Waals surface area contributed by atoms with Crippen LogP contribution in [-0.2, 0) is 10.1 Å². The predicted octanol–water partition coefficient (Wildman–Crippen LogP) is 0.148. The van der Waals surface area contributed by atoms with Crippen LogP contribution in [-0.4, -0.2) is 31.7 Å². The van der Waals surface area contributed by atoms with E-state index in [1.165, 1.54) is 0 Å². The number of fused-ring (bicyclic) bond motifs is 1. The fraction of sp³-hybridized carbons (Fsp3) is 0.222.